The molecule has 1 atom stereocenters. The Morgan fingerprint density at radius 1 is 0.700 bits per heavy atom. The summed E-state index contributed by atoms with van der Waals surface area (Å²) in [6.45, 7) is 8.31. The Labute approximate surface area is 121 Å². The van der Waals surface area contributed by atoms with E-state index in [-0.39, 0.29) is 6.29 Å². The SMILES string of the molecule is Cc1ccc(OC(C)Oc2ccc(C(C)C)cc2)cc1. The molecule has 0 aliphatic heterocycles. The summed E-state index contributed by atoms with van der Waals surface area (Å²) < 4.78 is 11.5. The average molecular weight is 270 g/mol. The lowest BCUT2D eigenvalue weighted by Gasteiger charge is -2.17. The van der Waals surface area contributed by atoms with Crippen molar-refractivity contribution in [3.8, 4) is 11.5 Å². The Morgan fingerprint density at radius 2 is 1.15 bits per heavy atom. The Morgan fingerprint density at radius 3 is 1.60 bits per heavy atom. The number of aryl methyl sites for hydroxylation is 1. The summed E-state index contributed by atoms with van der Waals surface area (Å²) in [6.07, 6.45) is -0.317. The molecule has 0 spiro atoms. The predicted octanol–water partition coefficient (Wildman–Crippen LogP) is 4.92. The quantitative estimate of drug-likeness (QED) is 0.718. The fraction of sp³-hybridized carbons (Fsp3) is 0.333. The van der Waals surface area contributed by atoms with E-state index in [1.165, 1.54) is 11.1 Å². The van der Waals surface area contributed by atoms with E-state index in [1.54, 1.807) is 0 Å². The molecule has 0 saturated heterocycles. The maximum absolute atomic E-state index is 5.76. The third-order valence-corrected chi connectivity index (χ3v) is 3.17. The van der Waals surface area contributed by atoms with Crippen molar-refractivity contribution in [3.05, 3.63) is 59.7 Å². The zero-order valence-corrected chi connectivity index (χ0v) is 12.6. The Kier molecular flexibility index (Phi) is 4.67. The molecular formula is C18H22O2. The second-order valence-corrected chi connectivity index (χ2v) is 5.34. The van der Waals surface area contributed by atoms with Gasteiger partial charge in [0.25, 0.3) is 0 Å². The molecule has 0 saturated carbocycles. The van der Waals surface area contributed by atoms with Crippen LogP contribution in [0.3, 0.4) is 0 Å². The van der Waals surface area contributed by atoms with Crippen molar-refractivity contribution in [1.29, 1.82) is 0 Å². The van der Waals surface area contributed by atoms with Gasteiger partial charge in [0.1, 0.15) is 11.5 Å². The molecule has 0 bridgehead atoms. The van der Waals surface area contributed by atoms with Gasteiger partial charge >= 0.3 is 0 Å². The second kappa shape index (κ2) is 6.47. The van der Waals surface area contributed by atoms with Crippen LogP contribution in [-0.4, -0.2) is 6.29 Å². The van der Waals surface area contributed by atoms with Gasteiger partial charge < -0.3 is 9.47 Å². The van der Waals surface area contributed by atoms with Gasteiger partial charge in [0.05, 0.1) is 0 Å². The monoisotopic (exact) mass is 270 g/mol. The average Bonchev–Trinajstić information content (AvgIpc) is 2.42. The zero-order valence-electron chi connectivity index (χ0n) is 12.6. The molecular weight excluding hydrogens is 248 g/mol. The van der Waals surface area contributed by atoms with E-state index in [9.17, 15) is 0 Å². The van der Waals surface area contributed by atoms with E-state index in [4.69, 9.17) is 9.47 Å². The van der Waals surface area contributed by atoms with Crippen LogP contribution in [0.4, 0.5) is 0 Å². The first-order valence-electron chi connectivity index (χ1n) is 7.04. The van der Waals surface area contributed by atoms with Crippen molar-refractivity contribution in [3.63, 3.8) is 0 Å². The van der Waals surface area contributed by atoms with Crippen LogP contribution in [-0.2, 0) is 0 Å². The van der Waals surface area contributed by atoms with Crippen molar-refractivity contribution in [2.45, 2.75) is 39.9 Å². The molecule has 0 fully saturated rings. The van der Waals surface area contributed by atoms with E-state index in [0.717, 1.165) is 11.5 Å². The largest absolute Gasteiger partial charge is 0.455 e. The van der Waals surface area contributed by atoms with Crippen LogP contribution in [0.15, 0.2) is 48.5 Å². The highest BCUT2D eigenvalue weighted by molar-refractivity contribution is 5.29. The highest BCUT2D eigenvalue weighted by Crippen LogP contribution is 2.20. The molecule has 20 heavy (non-hydrogen) atoms. The first-order valence-corrected chi connectivity index (χ1v) is 7.04. The number of hydrogen-bond acceptors (Lipinski definition) is 2. The Balaban J connectivity index is 1.93. The van der Waals surface area contributed by atoms with Gasteiger partial charge in [0, 0.05) is 6.92 Å². The number of ether oxygens (including phenoxy) is 2. The number of benzene rings is 2. The second-order valence-electron chi connectivity index (χ2n) is 5.34. The molecule has 2 heteroatoms. The molecule has 0 amide bonds. The molecule has 0 N–H and O–H groups in total. The van der Waals surface area contributed by atoms with Gasteiger partial charge in [0.2, 0.25) is 6.29 Å². The van der Waals surface area contributed by atoms with Gasteiger partial charge in [-0.3, -0.25) is 0 Å². The van der Waals surface area contributed by atoms with Crippen molar-refractivity contribution in [1.82, 2.24) is 0 Å². The van der Waals surface area contributed by atoms with Crippen LogP contribution in [0.1, 0.15) is 37.8 Å². The zero-order chi connectivity index (χ0) is 14.5. The van der Waals surface area contributed by atoms with E-state index >= 15 is 0 Å². The maximum Gasteiger partial charge on any atom is 0.238 e. The fourth-order valence-corrected chi connectivity index (χ4v) is 1.96. The molecule has 2 rings (SSSR count). The molecule has 2 aromatic carbocycles. The van der Waals surface area contributed by atoms with Crippen molar-refractivity contribution in [2.24, 2.45) is 0 Å². The molecule has 0 aromatic heterocycles. The summed E-state index contributed by atoms with van der Waals surface area (Å²) in [5, 5.41) is 0. The molecule has 0 aliphatic carbocycles. The fourth-order valence-electron chi connectivity index (χ4n) is 1.96. The van der Waals surface area contributed by atoms with Gasteiger partial charge in [-0.15, -0.1) is 0 Å². The highest BCUT2D eigenvalue weighted by Gasteiger charge is 2.06. The van der Waals surface area contributed by atoms with Crippen molar-refractivity contribution < 1.29 is 9.47 Å². The summed E-state index contributed by atoms with van der Waals surface area (Å²) >= 11 is 0. The number of rotatable bonds is 5. The summed E-state index contributed by atoms with van der Waals surface area (Å²) in [7, 11) is 0. The van der Waals surface area contributed by atoms with Crippen LogP contribution in [0.2, 0.25) is 0 Å². The highest BCUT2D eigenvalue weighted by atomic mass is 16.7. The lowest BCUT2D eigenvalue weighted by molar-refractivity contribution is 0.0223. The molecule has 2 aromatic rings. The summed E-state index contributed by atoms with van der Waals surface area (Å²) in [4.78, 5) is 0. The van der Waals surface area contributed by atoms with E-state index in [2.05, 4.69) is 32.9 Å². The molecule has 1 unspecified atom stereocenters. The molecule has 2 nitrogen and oxygen atoms in total. The topological polar surface area (TPSA) is 18.5 Å². The van der Waals surface area contributed by atoms with Gasteiger partial charge in [-0.25, -0.2) is 0 Å². The third kappa shape index (κ3) is 4.02. The Hall–Kier alpha value is -1.96. The van der Waals surface area contributed by atoms with Crippen LogP contribution >= 0.6 is 0 Å². The predicted molar refractivity (Wildman–Crippen MR) is 82.4 cm³/mol. The van der Waals surface area contributed by atoms with Crippen LogP contribution in [0.5, 0.6) is 11.5 Å². The lowest BCUT2D eigenvalue weighted by atomic mass is 10.0. The molecule has 0 radical (unpaired) electrons. The summed E-state index contributed by atoms with van der Waals surface area (Å²) in [5.74, 6) is 2.18. The van der Waals surface area contributed by atoms with Crippen LogP contribution < -0.4 is 9.47 Å². The first-order chi connectivity index (χ1) is 9.54. The van der Waals surface area contributed by atoms with E-state index in [1.807, 2.05) is 43.3 Å². The minimum atomic E-state index is -0.317. The third-order valence-electron chi connectivity index (χ3n) is 3.17. The summed E-state index contributed by atoms with van der Waals surface area (Å²) in [6, 6.07) is 16.1. The Bertz CT molecular complexity index is 526. The van der Waals surface area contributed by atoms with Gasteiger partial charge in [0.15, 0.2) is 0 Å². The summed E-state index contributed by atoms with van der Waals surface area (Å²) in [5.41, 5.74) is 2.53. The normalized spacial score (nSPS) is 12.2. The number of hydrogen-bond donors (Lipinski definition) is 0. The van der Waals surface area contributed by atoms with Crippen molar-refractivity contribution in [2.75, 3.05) is 0 Å². The molecule has 0 heterocycles. The minimum Gasteiger partial charge on any atom is -0.455 e. The van der Waals surface area contributed by atoms with Gasteiger partial charge in [-0.05, 0) is 42.7 Å². The van der Waals surface area contributed by atoms with Crippen LogP contribution in [0.25, 0.3) is 0 Å². The molecule has 0 aliphatic rings. The van der Waals surface area contributed by atoms with Gasteiger partial charge in [-0.2, -0.15) is 0 Å². The standard InChI is InChI=1S/C18H22O2/c1-13(2)16-7-11-18(12-8-16)20-15(4)19-17-9-5-14(3)6-10-17/h5-13,15H,1-4H3. The molecule has 106 valence electrons. The first kappa shape index (κ1) is 14.4. The van der Waals surface area contributed by atoms with E-state index < -0.39 is 0 Å². The van der Waals surface area contributed by atoms with Gasteiger partial charge in [-0.1, -0.05) is 43.7 Å². The van der Waals surface area contributed by atoms with Crippen LogP contribution in [0, 0.1) is 6.92 Å². The van der Waals surface area contributed by atoms with E-state index in [0.29, 0.717) is 5.92 Å². The minimum absolute atomic E-state index is 0.317. The smallest absolute Gasteiger partial charge is 0.238 e. The van der Waals surface area contributed by atoms with Crippen molar-refractivity contribution >= 4 is 0 Å². The maximum atomic E-state index is 5.76. The lowest BCUT2D eigenvalue weighted by Crippen LogP contribution is -2.19.